The molecule has 0 amide bonds. The molecule has 2 aromatic rings. The second-order valence-corrected chi connectivity index (χ2v) is 2.97. The molecule has 0 bridgehead atoms. The van der Waals surface area contributed by atoms with Gasteiger partial charge in [0, 0.05) is 6.20 Å². The highest BCUT2D eigenvalue weighted by atomic mass is 32.1. The molecule has 0 saturated carbocycles. The first-order valence-electron chi connectivity index (χ1n) is 3.51. The molecular weight excluding hydrogens is 190 g/mol. The van der Waals surface area contributed by atoms with Gasteiger partial charge in [-0.05, 0) is 12.1 Å². The fourth-order valence-corrected chi connectivity index (χ4v) is 1.44. The van der Waals surface area contributed by atoms with Gasteiger partial charge in [0.05, 0.1) is 5.52 Å². The number of fused-ring (bicyclic) bond motifs is 1. The highest BCUT2D eigenvalue weighted by Crippen LogP contribution is 2.02. The minimum Gasteiger partial charge on any atom is -0.306 e. The summed E-state index contributed by atoms with van der Waals surface area (Å²) in [6, 6.07) is 3.38. The van der Waals surface area contributed by atoms with Crippen molar-refractivity contribution >= 4 is 22.3 Å². The number of hydrogen-bond donors (Lipinski definition) is 2. The van der Waals surface area contributed by atoms with Gasteiger partial charge in [-0.3, -0.25) is 9.97 Å². The standard InChI is InChI=1S/C7H5N3O2S/c11-7-9-4-2-1-3-8-5(4)6(10-7)13-12/h1-3H,(H2,9,10,11). The van der Waals surface area contributed by atoms with Crippen molar-refractivity contribution in [1.29, 1.82) is 0 Å². The van der Waals surface area contributed by atoms with E-state index in [2.05, 4.69) is 15.0 Å². The van der Waals surface area contributed by atoms with Gasteiger partial charge >= 0.3 is 5.69 Å². The van der Waals surface area contributed by atoms with E-state index >= 15 is 0 Å². The molecule has 2 N–H and O–H groups in total. The Bertz CT molecular complexity index is 594. The van der Waals surface area contributed by atoms with E-state index in [0.29, 0.717) is 11.0 Å². The van der Waals surface area contributed by atoms with Gasteiger partial charge in [0.1, 0.15) is 16.8 Å². The van der Waals surface area contributed by atoms with Gasteiger partial charge in [-0.2, -0.15) is 0 Å². The molecule has 6 heteroatoms. The van der Waals surface area contributed by atoms with Crippen LogP contribution >= 0.6 is 0 Å². The van der Waals surface area contributed by atoms with Crippen LogP contribution in [0, 0.1) is 4.64 Å². The molecule has 5 nitrogen and oxygen atoms in total. The Morgan fingerprint density at radius 3 is 3.00 bits per heavy atom. The van der Waals surface area contributed by atoms with E-state index in [1.165, 1.54) is 0 Å². The van der Waals surface area contributed by atoms with Gasteiger partial charge in [0.2, 0.25) is 0 Å². The summed E-state index contributed by atoms with van der Waals surface area (Å²) in [5.41, 5.74) is 0.644. The van der Waals surface area contributed by atoms with Crippen molar-refractivity contribution in [1.82, 2.24) is 15.0 Å². The van der Waals surface area contributed by atoms with E-state index in [9.17, 15) is 9.00 Å². The fraction of sp³-hybridized carbons (Fsp3) is 0. The van der Waals surface area contributed by atoms with Crippen molar-refractivity contribution < 1.29 is 4.21 Å². The van der Waals surface area contributed by atoms with E-state index in [4.69, 9.17) is 0 Å². The van der Waals surface area contributed by atoms with Gasteiger partial charge in [-0.15, -0.1) is 0 Å². The Kier molecular flexibility index (Phi) is 1.82. The summed E-state index contributed by atoms with van der Waals surface area (Å²) in [6.07, 6.45) is 1.56. The van der Waals surface area contributed by atoms with Gasteiger partial charge in [-0.25, -0.2) is 9.00 Å². The Hall–Kier alpha value is -1.69. The van der Waals surface area contributed by atoms with Crippen LogP contribution in [0.25, 0.3) is 11.0 Å². The highest BCUT2D eigenvalue weighted by Gasteiger charge is 1.96. The predicted molar refractivity (Wildman–Crippen MR) is 48.1 cm³/mol. The van der Waals surface area contributed by atoms with Crippen LogP contribution in [-0.2, 0) is 11.3 Å². The minimum absolute atomic E-state index is 0.224. The number of aromatic nitrogens is 3. The molecule has 0 aliphatic rings. The van der Waals surface area contributed by atoms with Crippen LogP contribution in [0.1, 0.15) is 0 Å². The van der Waals surface area contributed by atoms with Crippen LogP contribution < -0.4 is 5.69 Å². The SMILES string of the molecule is O=S=c1[nH]c(=O)[nH]c2cccnc12. The number of H-pyrrole nitrogens is 2. The van der Waals surface area contributed by atoms with Gasteiger partial charge in [-0.1, -0.05) is 0 Å². The van der Waals surface area contributed by atoms with E-state index in [-0.39, 0.29) is 15.9 Å². The second-order valence-electron chi connectivity index (χ2n) is 2.39. The lowest BCUT2D eigenvalue weighted by Crippen LogP contribution is -2.10. The quantitative estimate of drug-likeness (QED) is 0.580. The third-order valence-corrected chi connectivity index (χ3v) is 2.04. The monoisotopic (exact) mass is 195 g/mol. The van der Waals surface area contributed by atoms with Crippen LogP contribution in [0.5, 0.6) is 0 Å². The zero-order valence-electron chi connectivity index (χ0n) is 6.40. The van der Waals surface area contributed by atoms with Gasteiger partial charge < -0.3 is 4.98 Å². The van der Waals surface area contributed by atoms with Crippen molar-refractivity contribution in [3.63, 3.8) is 0 Å². The molecule has 2 aromatic heterocycles. The highest BCUT2D eigenvalue weighted by molar-refractivity contribution is 7.57. The Labute approximate surface area is 75.5 Å². The Morgan fingerprint density at radius 2 is 2.23 bits per heavy atom. The predicted octanol–water partition coefficient (Wildman–Crippen LogP) is -0.00381. The number of nitrogens with zero attached hydrogens (tertiary/aromatic N) is 1. The smallest absolute Gasteiger partial charge is 0.306 e. The molecule has 0 unspecified atom stereocenters. The van der Waals surface area contributed by atoms with E-state index in [1.807, 2.05) is 0 Å². The van der Waals surface area contributed by atoms with Gasteiger partial charge in [0.15, 0.2) is 4.64 Å². The number of aromatic amines is 2. The van der Waals surface area contributed by atoms with Crippen molar-refractivity contribution in [2.45, 2.75) is 0 Å². The molecule has 0 radical (unpaired) electrons. The minimum atomic E-state index is -0.404. The third-order valence-electron chi connectivity index (χ3n) is 1.58. The molecule has 0 aromatic carbocycles. The Morgan fingerprint density at radius 1 is 1.38 bits per heavy atom. The van der Waals surface area contributed by atoms with Crippen molar-refractivity contribution in [3.8, 4) is 0 Å². The molecular formula is C7H5N3O2S. The van der Waals surface area contributed by atoms with Crippen LogP contribution in [0.4, 0.5) is 0 Å². The zero-order chi connectivity index (χ0) is 9.26. The molecule has 0 aliphatic carbocycles. The summed E-state index contributed by atoms with van der Waals surface area (Å²) in [5, 5.41) is 0. The largest absolute Gasteiger partial charge is 0.324 e. The number of hydrogen-bond acceptors (Lipinski definition) is 3. The van der Waals surface area contributed by atoms with Crippen LogP contribution in [0.15, 0.2) is 23.1 Å². The molecule has 2 heterocycles. The summed E-state index contributed by atoms with van der Waals surface area (Å²) >= 11 is 0.224. The molecule has 0 fully saturated rings. The molecule has 2 rings (SSSR count). The normalized spacial score (nSPS) is 10.2. The third kappa shape index (κ3) is 1.31. The first-order valence-corrected chi connectivity index (χ1v) is 4.25. The molecule has 13 heavy (non-hydrogen) atoms. The summed E-state index contributed by atoms with van der Waals surface area (Å²) in [5.74, 6) is 0. The van der Waals surface area contributed by atoms with Crippen LogP contribution in [0.3, 0.4) is 0 Å². The topological polar surface area (TPSA) is 78.6 Å². The average Bonchev–Trinajstić information content (AvgIpc) is 2.16. The fourth-order valence-electron chi connectivity index (χ4n) is 1.06. The molecule has 0 saturated heterocycles. The van der Waals surface area contributed by atoms with Crippen LogP contribution in [0.2, 0.25) is 0 Å². The zero-order valence-corrected chi connectivity index (χ0v) is 7.22. The lowest BCUT2D eigenvalue weighted by atomic mass is 10.4. The van der Waals surface area contributed by atoms with E-state index in [0.717, 1.165) is 0 Å². The molecule has 0 spiro atoms. The lowest BCUT2D eigenvalue weighted by Gasteiger charge is -1.93. The molecule has 0 atom stereocenters. The number of rotatable bonds is 0. The summed E-state index contributed by atoms with van der Waals surface area (Å²) in [4.78, 5) is 19.9. The lowest BCUT2D eigenvalue weighted by molar-refractivity contribution is 0.699. The molecule has 66 valence electrons. The maximum atomic E-state index is 11.0. The summed E-state index contributed by atoms with van der Waals surface area (Å²) in [7, 11) is 0. The maximum absolute atomic E-state index is 11.0. The second kappa shape index (κ2) is 2.98. The maximum Gasteiger partial charge on any atom is 0.324 e. The van der Waals surface area contributed by atoms with Crippen molar-refractivity contribution in [2.24, 2.45) is 0 Å². The average molecular weight is 195 g/mol. The number of pyridine rings is 1. The first-order chi connectivity index (χ1) is 6.31. The van der Waals surface area contributed by atoms with Crippen LogP contribution in [-0.4, -0.2) is 19.2 Å². The first kappa shape index (κ1) is 7.93. The summed E-state index contributed by atoms with van der Waals surface area (Å²) in [6.45, 7) is 0. The van der Waals surface area contributed by atoms with Gasteiger partial charge in [0.25, 0.3) is 0 Å². The number of nitrogens with one attached hydrogen (secondary N) is 2. The van der Waals surface area contributed by atoms with Crippen molar-refractivity contribution in [2.75, 3.05) is 0 Å². The summed E-state index contributed by atoms with van der Waals surface area (Å²) < 4.78 is 10.8. The van der Waals surface area contributed by atoms with E-state index in [1.54, 1.807) is 18.3 Å². The molecule has 0 aliphatic heterocycles. The van der Waals surface area contributed by atoms with E-state index < -0.39 is 5.69 Å². The Balaban J connectivity index is 3.17. The van der Waals surface area contributed by atoms with Crippen molar-refractivity contribution in [3.05, 3.63) is 33.5 Å².